The number of aromatic nitrogens is 2. The molecule has 0 amide bonds. The van der Waals surface area contributed by atoms with Gasteiger partial charge < -0.3 is 4.98 Å². The van der Waals surface area contributed by atoms with E-state index in [1.54, 1.807) is 26.0 Å². The first-order chi connectivity index (χ1) is 7.58. The lowest BCUT2D eigenvalue weighted by molar-refractivity contribution is 0.628. The van der Waals surface area contributed by atoms with Crippen LogP contribution in [0.15, 0.2) is 29.1 Å². The Morgan fingerprint density at radius 3 is 2.69 bits per heavy atom. The number of benzene rings is 1. The molecule has 4 heteroatoms. The Hall–Kier alpha value is -1.97. The van der Waals surface area contributed by atoms with Crippen LogP contribution in [0, 0.1) is 19.7 Å². The SMILES string of the molecule is Cc1nc(-c2cccc(F)c2)[nH]c(=O)c1C. The number of hydrogen-bond acceptors (Lipinski definition) is 2. The molecule has 0 aliphatic rings. The van der Waals surface area contributed by atoms with Crippen molar-refractivity contribution in [2.24, 2.45) is 0 Å². The zero-order valence-electron chi connectivity index (χ0n) is 9.04. The van der Waals surface area contributed by atoms with Crippen molar-refractivity contribution in [3.8, 4) is 11.4 Å². The second-order valence-corrected chi connectivity index (χ2v) is 3.64. The van der Waals surface area contributed by atoms with Crippen LogP contribution in [0.3, 0.4) is 0 Å². The minimum atomic E-state index is -0.349. The molecule has 0 atom stereocenters. The summed E-state index contributed by atoms with van der Waals surface area (Å²) < 4.78 is 13.0. The smallest absolute Gasteiger partial charge is 0.254 e. The third-order valence-corrected chi connectivity index (χ3v) is 2.49. The summed E-state index contributed by atoms with van der Waals surface area (Å²) in [6.45, 7) is 3.46. The fraction of sp³-hybridized carbons (Fsp3) is 0.167. The molecular formula is C12H11FN2O. The van der Waals surface area contributed by atoms with Crippen molar-refractivity contribution < 1.29 is 4.39 Å². The zero-order valence-corrected chi connectivity index (χ0v) is 9.04. The van der Waals surface area contributed by atoms with Crippen molar-refractivity contribution in [3.63, 3.8) is 0 Å². The first-order valence-corrected chi connectivity index (χ1v) is 4.91. The van der Waals surface area contributed by atoms with Crippen LogP contribution in [0.5, 0.6) is 0 Å². The van der Waals surface area contributed by atoms with Crippen LogP contribution >= 0.6 is 0 Å². The van der Waals surface area contributed by atoms with Gasteiger partial charge in [-0.05, 0) is 26.0 Å². The Labute approximate surface area is 92.0 Å². The van der Waals surface area contributed by atoms with Gasteiger partial charge in [0.15, 0.2) is 0 Å². The fourth-order valence-electron chi connectivity index (χ4n) is 1.42. The van der Waals surface area contributed by atoms with E-state index in [0.29, 0.717) is 22.6 Å². The minimum absolute atomic E-state index is 0.188. The molecule has 16 heavy (non-hydrogen) atoms. The van der Waals surface area contributed by atoms with Gasteiger partial charge in [-0.2, -0.15) is 0 Å². The third kappa shape index (κ3) is 1.86. The van der Waals surface area contributed by atoms with Crippen LogP contribution < -0.4 is 5.56 Å². The summed E-state index contributed by atoms with van der Waals surface area (Å²) in [5.41, 5.74) is 1.62. The van der Waals surface area contributed by atoms with E-state index >= 15 is 0 Å². The van der Waals surface area contributed by atoms with E-state index in [1.807, 2.05) is 0 Å². The molecule has 0 saturated heterocycles. The molecule has 0 bridgehead atoms. The van der Waals surface area contributed by atoms with Gasteiger partial charge >= 0.3 is 0 Å². The molecule has 0 saturated carbocycles. The molecule has 1 N–H and O–H groups in total. The van der Waals surface area contributed by atoms with E-state index in [9.17, 15) is 9.18 Å². The van der Waals surface area contributed by atoms with Gasteiger partial charge in [0.05, 0.1) is 0 Å². The van der Waals surface area contributed by atoms with Crippen molar-refractivity contribution in [2.45, 2.75) is 13.8 Å². The number of nitrogens with zero attached hydrogens (tertiary/aromatic N) is 1. The maximum Gasteiger partial charge on any atom is 0.254 e. The second kappa shape index (κ2) is 3.89. The molecule has 0 fully saturated rings. The van der Waals surface area contributed by atoms with E-state index in [0.717, 1.165) is 0 Å². The van der Waals surface area contributed by atoms with Gasteiger partial charge in [0.25, 0.3) is 5.56 Å². The molecule has 1 heterocycles. The molecule has 3 nitrogen and oxygen atoms in total. The van der Waals surface area contributed by atoms with Gasteiger partial charge in [-0.25, -0.2) is 9.37 Å². The maximum absolute atomic E-state index is 13.0. The Bertz CT molecular complexity index is 590. The number of aryl methyl sites for hydroxylation is 1. The second-order valence-electron chi connectivity index (χ2n) is 3.64. The number of aromatic amines is 1. The Balaban J connectivity index is 2.61. The Morgan fingerprint density at radius 1 is 1.31 bits per heavy atom. The molecule has 2 rings (SSSR count). The normalized spacial score (nSPS) is 10.4. The Morgan fingerprint density at radius 2 is 2.06 bits per heavy atom. The van der Waals surface area contributed by atoms with Gasteiger partial charge in [-0.3, -0.25) is 4.79 Å². The van der Waals surface area contributed by atoms with E-state index in [-0.39, 0.29) is 11.4 Å². The lowest BCUT2D eigenvalue weighted by atomic mass is 10.2. The molecule has 2 aromatic rings. The Kier molecular flexibility index (Phi) is 2.56. The van der Waals surface area contributed by atoms with Crippen LogP contribution in [0.1, 0.15) is 11.3 Å². The molecule has 0 unspecified atom stereocenters. The summed E-state index contributed by atoms with van der Waals surface area (Å²) in [4.78, 5) is 18.4. The number of nitrogens with one attached hydrogen (secondary N) is 1. The fourth-order valence-corrected chi connectivity index (χ4v) is 1.42. The number of rotatable bonds is 1. The molecule has 1 aromatic heterocycles. The van der Waals surface area contributed by atoms with Crippen molar-refractivity contribution in [1.82, 2.24) is 9.97 Å². The first kappa shape index (κ1) is 10.5. The van der Waals surface area contributed by atoms with Gasteiger partial charge in [0, 0.05) is 16.8 Å². The summed E-state index contributed by atoms with van der Waals surface area (Å²) in [5, 5.41) is 0. The van der Waals surface area contributed by atoms with Gasteiger partial charge in [-0.15, -0.1) is 0 Å². The van der Waals surface area contributed by atoms with Crippen LogP contribution in [0.2, 0.25) is 0 Å². The molecule has 0 aliphatic heterocycles. The van der Waals surface area contributed by atoms with E-state index in [2.05, 4.69) is 9.97 Å². The summed E-state index contributed by atoms with van der Waals surface area (Å²) in [7, 11) is 0. The molecule has 0 spiro atoms. The topological polar surface area (TPSA) is 45.8 Å². The largest absolute Gasteiger partial charge is 0.306 e. The molecule has 1 aromatic carbocycles. The van der Waals surface area contributed by atoms with Crippen molar-refractivity contribution in [1.29, 1.82) is 0 Å². The highest BCUT2D eigenvalue weighted by atomic mass is 19.1. The first-order valence-electron chi connectivity index (χ1n) is 4.91. The van der Waals surface area contributed by atoms with Crippen LogP contribution in [-0.2, 0) is 0 Å². The predicted octanol–water partition coefficient (Wildman–Crippen LogP) is 2.19. The average Bonchev–Trinajstić information content (AvgIpc) is 2.25. The summed E-state index contributed by atoms with van der Waals surface area (Å²) in [5.74, 6) is 0.0472. The lowest BCUT2D eigenvalue weighted by Crippen LogP contribution is -2.14. The number of H-pyrrole nitrogens is 1. The van der Waals surface area contributed by atoms with Crippen LogP contribution in [0.25, 0.3) is 11.4 Å². The highest BCUT2D eigenvalue weighted by Gasteiger charge is 2.06. The molecular weight excluding hydrogens is 207 g/mol. The third-order valence-electron chi connectivity index (χ3n) is 2.49. The van der Waals surface area contributed by atoms with Gasteiger partial charge in [0.2, 0.25) is 0 Å². The van der Waals surface area contributed by atoms with E-state index in [4.69, 9.17) is 0 Å². The van der Waals surface area contributed by atoms with Crippen molar-refractivity contribution in [3.05, 3.63) is 51.7 Å². The summed E-state index contributed by atoms with van der Waals surface area (Å²) in [6.07, 6.45) is 0. The number of hydrogen-bond donors (Lipinski definition) is 1. The van der Waals surface area contributed by atoms with Crippen LogP contribution in [0.4, 0.5) is 4.39 Å². The van der Waals surface area contributed by atoms with Gasteiger partial charge in [-0.1, -0.05) is 12.1 Å². The molecule has 0 radical (unpaired) electrons. The predicted molar refractivity (Wildman–Crippen MR) is 59.7 cm³/mol. The molecule has 0 aliphatic carbocycles. The monoisotopic (exact) mass is 218 g/mol. The number of halogens is 1. The van der Waals surface area contributed by atoms with Crippen molar-refractivity contribution in [2.75, 3.05) is 0 Å². The lowest BCUT2D eigenvalue weighted by Gasteiger charge is -2.04. The zero-order chi connectivity index (χ0) is 11.7. The highest BCUT2D eigenvalue weighted by molar-refractivity contribution is 5.54. The molecule has 82 valence electrons. The minimum Gasteiger partial charge on any atom is -0.306 e. The summed E-state index contributed by atoms with van der Waals surface area (Å²) in [6, 6.07) is 5.98. The van der Waals surface area contributed by atoms with Gasteiger partial charge in [0.1, 0.15) is 11.6 Å². The van der Waals surface area contributed by atoms with Crippen molar-refractivity contribution >= 4 is 0 Å². The quantitative estimate of drug-likeness (QED) is 0.797. The standard InChI is InChI=1S/C12H11FN2O/c1-7-8(2)14-11(15-12(7)16)9-4-3-5-10(13)6-9/h3-6H,1-2H3,(H,14,15,16). The average molecular weight is 218 g/mol. The summed E-state index contributed by atoms with van der Waals surface area (Å²) >= 11 is 0. The van der Waals surface area contributed by atoms with E-state index in [1.165, 1.54) is 12.1 Å². The maximum atomic E-state index is 13.0. The highest BCUT2D eigenvalue weighted by Crippen LogP contribution is 2.15. The van der Waals surface area contributed by atoms with Crippen LogP contribution in [-0.4, -0.2) is 9.97 Å². The van der Waals surface area contributed by atoms with E-state index < -0.39 is 0 Å².